The van der Waals surface area contributed by atoms with Crippen LogP contribution in [0.3, 0.4) is 0 Å². The maximum Gasteiger partial charge on any atom is 0.336 e. The summed E-state index contributed by atoms with van der Waals surface area (Å²) in [6.07, 6.45) is 5.87. The summed E-state index contributed by atoms with van der Waals surface area (Å²) in [7, 11) is 0. The van der Waals surface area contributed by atoms with Crippen molar-refractivity contribution in [2.24, 2.45) is 0 Å². The SMILES string of the molecule is C/C=C/Cc1nc(C(C)CC)nn1Cc1ccc(-c2ccccc2C(=O)O)cc1. The van der Waals surface area contributed by atoms with Crippen LogP contribution in [0.1, 0.15) is 60.7 Å². The highest BCUT2D eigenvalue weighted by Crippen LogP contribution is 2.24. The lowest BCUT2D eigenvalue weighted by Gasteiger charge is -2.09. The molecule has 0 saturated carbocycles. The highest BCUT2D eigenvalue weighted by molar-refractivity contribution is 5.95. The summed E-state index contributed by atoms with van der Waals surface area (Å²) in [5.74, 6) is 1.26. The highest BCUT2D eigenvalue weighted by atomic mass is 16.4. The Morgan fingerprint density at radius 3 is 2.55 bits per heavy atom. The molecule has 0 radical (unpaired) electrons. The summed E-state index contributed by atoms with van der Waals surface area (Å²) >= 11 is 0. The Bertz CT molecular complexity index is 1000. The van der Waals surface area contributed by atoms with Crippen molar-refractivity contribution in [3.8, 4) is 11.1 Å². The van der Waals surface area contributed by atoms with Crippen molar-refractivity contribution < 1.29 is 9.90 Å². The van der Waals surface area contributed by atoms with Gasteiger partial charge in [0.05, 0.1) is 12.1 Å². The fraction of sp³-hybridized carbons (Fsp3) is 0.292. The van der Waals surface area contributed by atoms with Gasteiger partial charge < -0.3 is 5.11 Å². The molecule has 3 rings (SSSR count). The first-order valence-corrected chi connectivity index (χ1v) is 9.99. The van der Waals surface area contributed by atoms with E-state index in [2.05, 4.69) is 19.9 Å². The first-order valence-electron chi connectivity index (χ1n) is 9.99. The zero-order valence-electron chi connectivity index (χ0n) is 17.2. The number of hydrogen-bond donors (Lipinski definition) is 1. The van der Waals surface area contributed by atoms with Crippen molar-refractivity contribution in [3.63, 3.8) is 0 Å². The van der Waals surface area contributed by atoms with Crippen LogP contribution in [-0.4, -0.2) is 25.8 Å². The molecule has 3 aromatic rings. The van der Waals surface area contributed by atoms with E-state index in [1.54, 1.807) is 12.1 Å². The summed E-state index contributed by atoms with van der Waals surface area (Å²) in [5.41, 5.74) is 3.02. The molecule has 1 heterocycles. The first-order chi connectivity index (χ1) is 14.0. The zero-order chi connectivity index (χ0) is 20.8. The smallest absolute Gasteiger partial charge is 0.336 e. The molecule has 0 aliphatic heterocycles. The molecule has 1 unspecified atom stereocenters. The number of carbonyl (C=O) groups is 1. The fourth-order valence-corrected chi connectivity index (χ4v) is 3.17. The van der Waals surface area contributed by atoms with Crippen LogP contribution >= 0.6 is 0 Å². The molecule has 5 heteroatoms. The maximum atomic E-state index is 11.5. The van der Waals surface area contributed by atoms with E-state index in [0.717, 1.165) is 41.2 Å². The number of carboxylic acid groups (broad SMARTS) is 1. The lowest BCUT2D eigenvalue weighted by molar-refractivity contribution is 0.0697. The molecular weight excluding hydrogens is 362 g/mol. The van der Waals surface area contributed by atoms with Gasteiger partial charge >= 0.3 is 5.97 Å². The standard InChI is InChI=1S/C24H27N3O2/c1-4-6-11-22-25-23(17(3)5-2)26-27(22)16-18-12-14-19(15-13-18)20-9-7-8-10-21(20)24(28)29/h4,6-10,12-15,17H,5,11,16H2,1-3H3,(H,28,29)/b6-4+. The Kier molecular flexibility index (Phi) is 6.60. The van der Waals surface area contributed by atoms with Gasteiger partial charge in [-0.3, -0.25) is 0 Å². The van der Waals surface area contributed by atoms with Gasteiger partial charge in [-0.15, -0.1) is 0 Å². The molecule has 0 bridgehead atoms. The van der Waals surface area contributed by atoms with Crippen molar-refractivity contribution in [1.82, 2.24) is 14.8 Å². The average molecular weight is 389 g/mol. The van der Waals surface area contributed by atoms with E-state index in [0.29, 0.717) is 18.0 Å². The average Bonchev–Trinajstić information content (AvgIpc) is 3.14. The number of aromatic carboxylic acids is 1. The molecule has 0 aliphatic carbocycles. The molecule has 5 nitrogen and oxygen atoms in total. The van der Waals surface area contributed by atoms with E-state index in [-0.39, 0.29) is 0 Å². The predicted molar refractivity (Wildman–Crippen MR) is 115 cm³/mol. The molecule has 0 saturated heterocycles. The Labute approximate surface area is 171 Å². The van der Waals surface area contributed by atoms with Crippen molar-refractivity contribution >= 4 is 5.97 Å². The Morgan fingerprint density at radius 2 is 1.90 bits per heavy atom. The highest BCUT2D eigenvalue weighted by Gasteiger charge is 2.14. The summed E-state index contributed by atoms with van der Waals surface area (Å²) in [4.78, 5) is 16.2. The van der Waals surface area contributed by atoms with Crippen molar-refractivity contribution in [2.45, 2.75) is 46.1 Å². The lowest BCUT2D eigenvalue weighted by atomic mass is 9.99. The third kappa shape index (κ3) is 4.80. The molecule has 150 valence electrons. The normalized spacial score (nSPS) is 12.4. The van der Waals surface area contributed by atoms with Gasteiger partial charge in [-0.05, 0) is 36.1 Å². The van der Waals surface area contributed by atoms with E-state index >= 15 is 0 Å². The summed E-state index contributed by atoms with van der Waals surface area (Å²) in [6, 6.07) is 15.1. The second kappa shape index (κ2) is 9.32. The number of rotatable bonds is 8. The van der Waals surface area contributed by atoms with E-state index < -0.39 is 5.97 Å². The third-order valence-corrected chi connectivity index (χ3v) is 5.11. The van der Waals surface area contributed by atoms with Crippen molar-refractivity contribution in [1.29, 1.82) is 0 Å². The zero-order valence-corrected chi connectivity index (χ0v) is 17.2. The lowest BCUT2D eigenvalue weighted by Crippen LogP contribution is -2.07. The summed E-state index contributed by atoms with van der Waals surface area (Å²) in [6.45, 7) is 6.93. The molecule has 0 amide bonds. The van der Waals surface area contributed by atoms with Crippen LogP contribution in [-0.2, 0) is 13.0 Å². The predicted octanol–water partition coefficient (Wildman–Crippen LogP) is 5.32. The van der Waals surface area contributed by atoms with Gasteiger partial charge in [-0.1, -0.05) is 68.5 Å². The summed E-state index contributed by atoms with van der Waals surface area (Å²) < 4.78 is 1.97. The molecule has 0 spiro atoms. The topological polar surface area (TPSA) is 68.0 Å². The number of aromatic nitrogens is 3. The third-order valence-electron chi connectivity index (χ3n) is 5.11. The molecule has 1 N–H and O–H groups in total. The number of allylic oxidation sites excluding steroid dienone is 2. The van der Waals surface area contributed by atoms with Gasteiger partial charge in [0, 0.05) is 12.3 Å². The number of nitrogens with zero attached hydrogens (tertiary/aromatic N) is 3. The van der Waals surface area contributed by atoms with Gasteiger partial charge in [0.1, 0.15) is 5.82 Å². The minimum absolute atomic E-state index is 0.309. The Hall–Kier alpha value is -3.21. The van der Waals surface area contributed by atoms with Gasteiger partial charge in [0.15, 0.2) is 5.82 Å². The van der Waals surface area contributed by atoms with E-state index in [1.807, 2.05) is 54.1 Å². The van der Waals surface area contributed by atoms with Crippen molar-refractivity contribution in [3.05, 3.63) is 83.5 Å². The van der Waals surface area contributed by atoms with E-state index in [4.69, 9.17) is 10.1 Å². The van der Waals surface area contributed by atoms with E-state index in [9.17, 15) is 9.90 Å². The summed E-state index contributed by atoms with van der Waals surface area (Å²) in [5, 5.41) is 14.2. The van der Waals surface area contributed by atoms with Crippen LogP contribution in [0, 0.1) is 0 Å². The quantitative estimate of drug-likeness (QED) is 0.529. The van der Waals surface area contributed by atoms with Crippen LogP contribution in [0.25, 0.3) is 11.1 Å². The minimum Gasteiger partial charge on any atom is -0.478 e. The van der Waals surface area contributed by atoms with Crippen molar-refractivity contribution in [2.75, 3.05) is 0 Å². The Morgan fingerprint density at radius 1 is 1.17 bits per heavy atom. The van der Waals surface area contributed by atoms with Gasteiger partial charge in [-0.25, -0.2) is 14.5 Å². The molecule has 2 aromatic carbocycles. The minimum atomic E-state index is -0.918. The fourth-order valence-electron chi connectivity index (χ4n) is 3.17. The second-order valence-corrected chi connectivity index (χ2v) is 7.17. The number of benzene rings is 2. The monoisotopic (exact) mass is 389 g/mol. The maximum absolute atomic E-state index is 11.5. The van der Waals surface area contributed by atoms with Gasteiger partial charge in [0.2, 0.25) is 0 Å². The largest absolute Gasteiger partial charge is 0.478 e. The van der Waals surface area contributed by atoms with Crippen LogP contribution in [0.2, 0.25) is 0 Å². The van der Waals surface area contributed by atoms with Crippen LogP contribution in [0.15, 0.2) is 60.7 Å². The molecule has 1 aromatic heterocycles. The first kappa shape index (κ1) is 20.5. The molecule has 1 atom stereocenters. The van der Waals surface area contributed by atoms with Gasteiger partial charge in [-0.2, -0.15) is 5.10 Å². The van der Waals surface area contributed by atoms with Crippen LogP contribution in [0.5, 0.6) is 0 Å². The van der Waals surface area contributed by atoms with Crippen LogP contribution < -0.4 is 0 Å². The molecular formula is C24H27N3O2. The Balaban J connectivity index is 1.86. The molecule has 29 heavy (non-hydrogen) atoms. The van der Waals surface area contributed by atoms with Crippen LogP contribution in [0.4, 0.5) is 0 Å². The number of carboxylic acids is 1. The molecule has 0 aliphatic rings. The molecule has 0 fully saturated rings. The van der Waals surface area contributed by atoms with Gasteiger partial charge in [0.25, 0.3) is 0 Å². The van der Waals surface area contributed by atoms with E-state index in [1.165, 1.54) is 0 Å². The second-order valence-electron chi connectivity index (χ2n) is 7.17. The number of hydrogen-bond acceptors (Lipinski definition) is 3.